The van der Waals surface area contributed by atoms with Gasteiger partial charge in [-0.15, -0.1) is 0 Å². The minimum atomic E-state index is 0.350. The third-order valence-corrected chi connectivity index (χ3v) is 5.34. The minimum absolute atomic E-state index is 0.350. The van der Waals surface area contributed by atoms with Gasteiger partial charge in [0, 0.05) is 37.1 Å². The lowest BCUT2D eigenvalue weighted by Gasteiger charge is -2.33. The van der Waals surface area contributed by atoms with Gasteiger partial charge in [0.05, 0.1) is 0 Å². The monoisotopic (exact) mass is 341 g/mol. The Morgan fingerprint density at radius 3 is 2.76 bits per heavy atom. The zero-order valence-electron chi connectivity index (χ0n) is 14.8. The first-order chi connectivity index (χ1) is 12.2. The minimum Gasteiger partial charge on any atom is -0.341 e. The normalized spacial score (nSPS) is 23.4. The second kappa shape index (κ2) is 7.00. The van der Waals surface area contributed by atoms with Gasteiger partial charge in [-0.25, -0.2) is 4.98 Å². The van der Waals surface area contributed by atoms with Crippen molar-refractivity contribution in [3.05, 3.63) is 24.0 Å². The average Bonchev–Trinajstić information content (AvgIpc) is 3.33. The summed E-state index contributed by atoms with van der Waals surface area (Å²) in [6.45, 7) is 0. The van der Waals surface area contributed by atoms with Crippen molar-refractivity contribution in [3.63, 3.8) is 0 Å². The lowest BCUT2D eigenvalue weighted by atomic mass is 9.91. The number of hydrogen-bond acceptors (Lipinski definition) is 6. The summed E-state index contributed by atoms with van der Waals surface area (Å²) in [4.78, 5) is 11.3. The number of H-pyrrole nitrogens is 1. The molecule has 4 N–H and O–H groups in total. The van der Waals surface area contributed by atoms with Gasteiger partial charge in [0.2, 0.25) is 5.95 Å². The van der Waals surface area contributed by atoms with Crippen molar-refractivity contribution in [1.82, 2.24) is 20.2 Å². The van der Waals surface area contributed by atoms with E-state index in [0.717, 1.165) is 55.6 Å². The van der Waals surface area contributed by atoms with Crippen LogP contribution in [0.3, 0.4) is 0 Å². The number of nitrogens with zero attached hydrogens (tertiary/aromatic N) is 4. The third kappa shape index (κ3) is 4.10. The van der Waals surface area contributed by atoms with E-state index in [1.54, 1.807) is 6.20 Å². The molecule has 2 fully saturated rings. The van der Waals surface area contributed by atoms with Crippen molar-refractivity contribution in [2.45, 2.75) is 57.0 Å². The van der Waals surface area contributed by atoms with Gasteiger partial charge in [0.25, 0.3) is 0 Å². The molecule has 2 heterocycles. The van der Waals surface area contributed by atoms with Crippen LogP contribution in [-0.4, -0.2) is 39.3 Å². The zero-order valence-corrected chi connectivity index (χ0v) is 14.8. The first-order valence-corrected chi connectivity index (χ1v) is 9.30. The molecule has 7 heteroatoms. The Kier molecular flexibility index (Phi) is 4.57. The van der Waals surface area contributed by atoms with Crippen molar-refractivity contribution in [3.8, 4) is 0 Å². The Balaban J connectivity index is 1.41. The van der Waals surface area contributed by atoms with Crippen LogP contribution in [-0.2, 0) is 6.42 Å². The summed E-state index contributed by atoms with van der Waals surface area (Å²) < 4.78 is 0. The number of nitrogens with two attached hydrogens (primary N) is 1. The topological polar surface area (TPSA) is 95.8 Å². The Hall–Kier alpha value is -2.15. The van der Waals surface area contributed by atoms with Crippen LogP contribution < -0.4 is 16.0 Å². The summed E-state index contributed by atoms with van der Waals surface area (Å²) in [6.07, 6.45) is 9.92. The number of aromatic nitrogens is 4. The molecule has 0 amide bonds. The maximum atomic E-state index is 6.01. The van der Waals surface area contributed by atoms with Gasteiger partial charge >= 0.3 is 0 Å². The predicted molar refractivity (Wildman–Crippen MR) is 99.0 cm³/mol. The van der Waals surface area contributed by atoms with E-state index in [1.165, 1.54) is 18.5 Å². The van der Waals surface area contributed by atoms with Crippen LogP contribution in [0.15, 0.2) is 18.3 Å². The van der Waals surface area contributed by atoms with Crippen LogP contribution in [0, 0.1) is 5.92 Å². The van der Waals surface area contributed by atoms with Crippen LogP contribution in [0.5, 0.6) is 0 Å². The Bertz CT molecular complexity index is 701. The first-order valence-electron chi connectivity index (χ1n) is 9.30. The molecule has 0 aromatic carbocycles. The number of anilines is 3. The van der Waals surface area contributed by atoms with E-state index in [-0.39, 0.29) is 0 Å². The van der Waals surface area contributed by atoms with Crippen molar-refractivity contribution in [1.29, 1.82) is 0 Å². The van der Waals surface area contributed by atoms with Gasteiger partial charge in [-0.1, -0.05) is 0 Å². The van der Waals surface area contributed by atoms with Crippen LogP contribution in [0.2, 0.25) is 0 Å². The van der Waals surface area contributed by atoms with Crippen molar-refractivity contribution in [2.75, 3.05) is 17.3 Å². The van der Waals surface area contributed by atoms with E-state index in [0.29, 0.717) is 12.1 Å². The molecule has 7 nitrogen and oxygen atoms in total. The summed E-state index contributed by atoms with van der Waals surface area (Å²) in [7, 11) is 2.07. The molecule has 0 saturated heterocycles. The zero-order chi connectivity index (χ0) is 17.2. The van der Waals surface area contributed by atoms with Gasteiger partial charge in [0.15, 0.2) is 5.82 Å². The quantitative estimate of drug-likeness (QED) is 0.747. The second-order valence-corrected chi connectivity index (χ2v) is 7.47. The Labute approximate surface area is 148 Å². The molecule has 0 aliphatic heterocycles. The summed E-state index contributed by atoms with van der Waals surface area (Å²) in [5.41, 5.74) is 7.20. The molecule has 2 aliphatic rings. The van der Waals surface area contributed by atoms with E-state index in [1.807, 2.05) is 6.07 Å². The molecule has 0 atom stereocenters. The Morgan fingerprint density at radius 2 is 2.00 bits per heavy atom. The summed E-state index contributed by atoms with van der Waals surface area (Å²) in [5, 5.41) is 10.7. The number of hydrogen-bond donors (Lipinski definition) is 3. The van der Waals surface area contributed by atoms with Gasteiger partial charge in [-0.05, 0) is 56.9 Å². The molecule has 2 aromatic heterocycles. The molecule has 4 rings (SSSR count). The van der Waals surface area contributed by atoms with Crippen LogP contribution in [0.4, 0.5) is 17.6 Å². The highest BCUT2D eigenvalue weighted by molar-refractivity contribution is 5.53. The molecular formula is C18H27N7. The molecule has 134 valence electrons. The maximum Gasteiger partial charge on any atom is 0.227 e. The molecule has 0 bridgehead atoms. The number of rotatable bonds is 6. The fourth-order valence-corrected chi connectivity index (χ4v) is 3.53. The van der Waals surface area contributed by atoms with Gasteiger partial charge < -0.3 is 16.0 Å². The molecule has 25 heavy (non-hydrogen) atoms. The van der Waals surface area contributed by atoms with Crippen LogP contribution >= 0.6 is 0 Å². The summed E-state index contributed by atoms with van der Waals surface area (Å²) >= 11 is 0. The van der Waals surface area contributed by atoms with E-state index in [2.05, 4.69) is 43.5 Å². The highest BCUT2D eigenvalue weighted by Gasteiger charge is 2.24. The number of nitrogens with one attached hydrogen (secondary N) is 2. The standard InChI is InChI=1S/C18H27N7/c1-25(15-6-4-13(19)5-7-15)18-20-9-8-16(22-18)21-17-11-14(23-24-17)10-12-2-3-12/h8-9,11-13,15H,2-7,10,19H2,1H3,(H2,20,21,22,23,24). The van der Waals surface area contributed by atoms with Crippen LogP contribution in [0.1, 0.15) is 44.2 Å². The largest absolute Gasteiger partial charge is 0.341 e. The van der Waals surface area contributed by atoms with E-state index >= 15 is 0 Å². The predicted octanol–water partition coefficient (Wildman–Crippen LogP) is 2.60. The van der Waals surface area contributed by atoms with Gasteiger partial charge in [-0.3, -0.25) is 5.10 Å². The molecule has 2 aliphatic carbocycles. The molecule has 0 unspecified atom stereocenters. The lowest BCUT2D eigenvalue weighted by Crippen LogP contribution is -2.39. The summed E-state index contributed by atoms with van der Waals surface area (Å²) in [6, 6.07) is 4.77. The maximum absolute atomic E-state index is 6.01. The highest BCUT2D eigenvalue weighted by atomic mass is 15.3. The fraction of sp³-hybridized carbons (Fsp3) is 0.611. The van der Waals surface area contributed by atoms with E-state index in [9.17, 15) is 0 Å². The SMILES string of the molecule is CN(c1nccc(Nc2cc(CC3CC3)[nH]n2)n1)C1CCC(N)CC1. The highest BCUT2D eigenvalue weighted by Crippen LogP contribution is 2.32. The molecular weight excluding hydrogens is 314 g/mol. The Morgan fingerprint density at radius 1 is 1.20 bits per heavy atom. The molecule has 0 spiro atoms. The van der Waals surface area contributed by atoms with Crippen molar-refractivity contribution in [2.24, 2.45) is 11.7 Å². The van der Waals surface area contributed by atoms with Crippen LogP contribution in [0.25, 0.3) is 0 Å². The summed E-state index contributed by atoms with van der Waals surface area (Å²) in [5.74, 6) is 3.18. The smallest absolute Gasteiger partial charge is 0.227 e. The second-order valence-electron chi connectivity index (χ2n) is 7.47. The number of aromatic amines is 1. The average molecular weight is 341 g/mol. The fourth-order valence-electron chi connectivity index (χ4n) is 3.53. The van der Waals surface area contributed by atoms with Gasteiger partial charge in [0.1, 0.15) is 5.82 Å². The van der Waals surface area contributed by atoms with Crippen molar-refractivity contribution >= 4 is 17.6 Å². The van der Waals surface area contributed by atoms with E-state index < -0.39 is 0 Å². The van der Waals surface area contributed by atoms with E-state index in [4.69, 9.17) is 5.73 Å². The lowest BCUT2D eigenvalue weighted by molar-refractivity contribution is 0.382. The molecule has 2 saturated carbocycles. The molecule has 2 aromatic rings. The third-order valence-electron chi connectivity index (χ3n) is 5.34. The van der Waals surface area contributed by atoms with Gasteiger partial charge in [-0.2, -0.15) is 10.1 Å². The first kappa shape index (κ1) is 16.3. The van der Waals surface area contributed by atoms with Crippen molar-refractivity contribution < 1.29 is 0 Å². The molecule has 0 radical (unpaired) electrons.